The molecule has 0 spiro atoms. The van der Waals surface area contributed by atoms with E-state index in [4.69, 9.17) is 10.5 Å². The van der Waals surface area contributed by atoms with Gasteiger partial charge in [-0.1, -0.05) is 26.0 Å². The summed E-state index contributed by atoms with van der Waals surface area (Å²) in [6.45, 7) is 4.52. The van der Waals surface area contributed by atoms with Crippen LogP contribution in [0.2, 0.25) is 0 Å². The number of nitrogens with two attached hydrogens (primary N) is 1. The molecule has 17 heavy (non-hydrogen) atoms. The van der Waals surface area contributed by atoms with Crippen molar-refractivity contribution < 1.29 is 17.9 Å². The Morgan fingerprint density at radius 1 is 1.18 bits per heavy atom. The van der Waals surface area contributed by atoms with Crippen LogP contribution in [-0.2, 0) is 0 Å². The first kappa shape index (κ1) is 13.8. The van der Waals surface area contributed by atoms with Crippen LogP contribution in [0.15, 0.2) is 24.3 Å². The zero-order valence-electron chi connectivity index (χ0n) is 9.79. The summed E-state index contributed by atoms with van der Waals surface area (Å²) in [6.07, 6.45) is -4.42. The molecule has 2 N–H and O–H groups in total. The Balaban J connectivity index is 2.68. The molecule has 0 saturated carbocycles. The normalized spacial score (nSPS) is 13.8. The van der Waals surface area contributed by atoms with Crippen LogP contribution in [0.4, 0.5) is 13.2 Å². The van der Waals surface area contributed by atoms with Gasteiger partial charge >= 0.3 is 6.18 Å². The van der Waals surface area contributed by atoms with Crippen molar-refractivity contribution in [1.29, 1.82) is 0 Å². The first-order valence-electron chi connectivity index (χ1n) is 5.35. The van der Waals surface area contributed by atoms with E-state index < -0.39 is 12.2 Å². The van der Waals surface area contributed by atoms with E-state index >= 15 is 0 Å². The summed E-state index contributed by atoms with van der Waals surface area (Å²) in [4.78, 5) is 0. The highest BCUT2D eigenvalue weighted by Gasteiger charge is 2.37. The number of hydrogen-bond acceptors (Lipinski definition) is 2. The lowest BCUT2D eigenvalue weighted by Crippen LogP contribution is -2.28. The maximum absolute atomic E-state index is 12.3. The van der Waals surface area contributed by atoms with Gasteiger partial charge < -0.3 is 10.5 Å². The number of hydrogen-bond donors (Lipinski definition) is 1. The molecule has 1 atom stereocenters. The van der Waals surface area contributed by atoms with Crippen LogP contribution >= 0.6 is 0 Å². The molecule has 2 nitrogen and oxygen atoms in total. The lowest BCUT2D eigenvalue weighted by Gasteiger charge is -2.16. The van der Waals surface area contributed by atoms with Crippen LogP contribution in [0.5, 0.6) is 5.75 Å². The fourth-order valence-corrected chi connectivity index (χ4v) is 1.22. The third kappa shape index (κ3) is 4.26. The van der Waals surface area contributed by atoms with E-state index in [1.54, 1.807) is 0 Å². The Morgan fingerprint density at radius 3 is 2.12 bits per heavy atom. The molecule has 0 aliphatic carbocycles. The summed E-state index contributed by atoms with van der Waals surface area (Å²) in [7, 11) is 0. The van der Waals surface area contributed by atoms with E-state index in [0.717, 1.165) is 0 Å². The van der Waals surface area contributed by atoms with Crippen LogP contribution in [0.1, 0.15) is 25.5 Å². The molecule has 1 rings (SSSR count). The van der Waals surface area contributed by atoms with E-state index in [2.05, 4.69) is 0 Å². The maximum Gasteiger partial charge on any atom is 0.407 e. The summed E-state index contributed by atoms with van der Waals surface area (Å²) in [5.74, 6) is 0.920. The second-order valence-electron chi connectivity index (χ2n) is 4.29. The standard InChI is InChI=1S/C12H16F3NO/c1-8(2)7-17-10-5-3-9(4-6-10)11(16)12(13,14)15/h3-6,8,11H,7,16H2,1-2H3. The molecule has 0 saturated heterocycles. The predicted octanol–water partition coefficient (Wildman–Crippen LogP) is 3.28. The fourth-order valence-electron chi connectivity index (χ4n) is 1.22. The molecule has 0 aromatic heterocycles. The molecule has 0 radical (unpaired) electrons. The van der Waals surface area contributed by atoms with Crippen LogP contribution in [-0.4, -0.2) is 12.8 Å². The lowest BCUT2D eigenvalue weighted by atomic mass is 10.1. The second kappa shape index (κ2) is 5.40. The summed E-state index contributed by atoms with van der Waals surface area (Å²) < 4.78 is 42.4. The molecule has 0 bridgehead atoms. The third-order valence-electron chi connectivity index (χ3n) is 2.18. The molecule has 0 heterocycles. The van der Waals surface area contributed by atoms with Gasteiger partial charge in [-0.15, -0.1) is 0 Å². The topological polar surface area (TPSA) is 35.2 Å². The summed E-state index contributed by atoms with van der Waals surface area (Å²) >= 11 is 0. The lowest BCUT2D eigenvalue weighted by molar-refractivity contribution is -0.149. The van der Waals surface area contributed by atoms with E-state index in [9.17, 15) is 13.2 Å². The number of benzene rings is 1. The van der Waals surface area contributed by atoms with E-state index in [0.29, 0.717) is 18.3 Å². The monoisotopic (exact) mass is 247 g/mol. The SMILES string of the molecule is CC(C)COc1ccc(C(N)C(F)(F)F)cc1. The molecule has 0 amide bonds. The average molecular weight is 247 g/mol. The molecule has 1 aromatic rings. The minimum absolute atomic E-state index is 0.0365. The van der Waals surface area contributed by atoms with Gasteiger partial charge in [0.1, 0.15) is 11.8 Å². The Hall–Kier alpha value is -1.23. The first-order chi connectivity index (χ1) is 7.80. The van der Waals surface area contributed by atoms with Gasteiger partial charge in [-0.2, -0.15) is 13.2 Å². The highest BCUT2D eigenvalue weighted by Crippen LogP contribution is 2.31. The summed E-state index contributed by atoms with van der Waals surface area (Å²) in [5.41, 5.74) is 5.11. The number of ether oxygens (including phenoxy) is 1. The molecular weight excluding hydrogens is 231 g/mol. The Kier molecular flexibility index (Phi) is 4.40. The van der Waals surface area contributed by atoms with Gasteiger partial charge in [-0.05, 0) is 23.6 Å². The molecule has 5 heteroatoms. The minimum Gasteiger partial charge on any atom is -0.493 e. The van der Waals surface area contributed by atoms with Crippen molar-refractivity contribution in [3.8, 4) is 5.75 Å². The number of rotatable bonds is 4. The summed E-state index contributed by atoms with van der Waals surface area (Å²) in [6, 6.07) is 3.75. The van der Waals surface area contributed by atoms with Crippen LogP contribution in [0.3, 0.4) is 0 Å². The van der Waals surface area contributed by atoms with Crippen molar-refractivity contribution in [3.63, 3.8) is 0 Å². The largest absolute Gasteiger partial charge is 0.493 e. The smallest absolute Gasteiger partial charge is 0.407 e. The van der Waals surface area contributed by atoms with Crippen molar-refractivity contribution in [3.05, 3.63) is 29.8 Å². The van der Waals surface area contributed by atoms with Crippen LogP contribution < -0.4 is 10.5 Å². The van der Waals surface area contributed by atoms with Gasteiger partial charge in [0.05, 0.1) is 6.61 Å². The highest BCUT2D eigenvalue weighted by molar-refractivity contribution is 5.29. The molecular formula is C12H16F3NO. The summed E-state index contributed by atoms with van der Waals surface area (Å²) in [5, 5.41) is 0. The molecule has 1 unspecified atom stereocenters. The van der Waals surface area contributed by atoms with Crippen molar-refractivity contribution in [1.82, 2.24) is 0 Å². The molecule has 96 valence electrons. The van der Waals surface area contributed by atoms with Gasteiger partial charge in [0.25, 0.3) is 0 Å². The predicted molar refractivity (Wildman–Crippen MR) is 59.8 cm³/mol. The number of halogens is 3. The first-order valence-corrected chi connectivity index (χ1v) is 5.35. The van der Waals surface area contributed by atoms with Gasteiger partial charge in [-0.3, -0.25) is 0 Å². The van der Waals surface area contributed by atoms with Gasteiger partial charge in [0, 0.05) is 0 Å². The average Bonchev–Trinajstić information content (AvgIpc) is 2.25. The van der Waals surface area contributed by atoms with Crippen molar-refractivity contribution in [2.75, 3.05) is 6.61 Å². The van der Waals surface area contributed by atoms with Crippen molar-refractivity contribution in [2.45, 2.75) is 26.1 Å². The zero-order valence-corrected chi connectivity index (χ0v) is 9.79. The minimum atomic E-state index is -4.42. The van der Waals surface area contributed by atoms with Crippen LogP contribution in [0, 0.1) is 5.92 Å². The van der Waals surface area contributed by atoms with E-state index in [1.165, 1.54) is 24.3 Å². The molecule has 1 aromatic carbocycles. The quantitative estimate of drug-likeness (QED) is 0.886. The van der Waals surface area contributed by atoms with Gasteiger partial charge in [-0.25, -0.2) is 0 Å². The van der Waals surface area contributed by atoms with Gasteiger partial charge in [0.2, 0.25) is 0 Å². The molecule has 0 aliphatic heterocycles. The second-order valence-corrected chi connectivity index (χ2v) is 4.29. The number of alkyl halides is 3. The van der Waals surface area contributed by atoms with Gasteiger partial charge in [0.15, 0.2) is 0 Å². The maximum atomic E-state index is 12.3. The van der Waals surface area contributed by atoms with Crippen LogP contribution in [0.25, 0.3) is 0 Å². The molecule has 0 aliphatic rings. The fraction of sp³-hybridized carbons (Fsp3) is 0.500. The van der Waals surface area contributed by atoms with Crippen molar-refractivity contribution in [2.24, 2.45) is 11.7 Å². The van der Waals surface area contributed by atoms with Crippen molar-refractivity contribution >= 4 is 0 Å². The van der Waals surface area contributed by atoms with E-state index in [-0.39, 0.29) is 5.56 Å². The Morgan fingerprint density at radius 2 is 1.71 bits per heavy atom. The Bertz CT molecular complexity index is 346. The highest BCUT2D eigenvalue weighted by atomic mass is 19.4. The third-order valence-corrected chi connectivity index (χ3v) is 2.18. The van der Waals surface area contributed by atoms with E-state index in [1.807, 2.05) is 13.8 Å². The Labute approximate surface area is 98.6 Å². The molecule has 0 fully saturated rings. The zero-order chi connectivity index (χ0) is 13.1.